The van der Waals surface area contributed by atoms with Gasteiger partial charge in [0.25, 0.3) is 0 Å². The first-order chi connectivity index (χ1) is 10.7. The minimum Gasteiger partial charge on any atom is -0.326 e. The normalized spacial score (nSPS) is 10.6. The van der Waals surface area contributed by atoms with Crippen LogP contribution < -0.4 is 5.32 Å². The van der Waals surface area contributed by atoms with Gasteiger partial charge >= 0.3 is 0 Å². The van der Waals surface area contributed by atoms with Crippen LogP contribution in [0, 0.1) is 6.92 Å². The number of anilines is 1. The predicted molar refractivity (Wildman–Crippen MR) is 94.5 cm³/mol. The first-order valence-corrected chi connectivity index (χ1v) is 8.83. The standard InChI is InChI=1S/C17H16N2OS2/c1-3-15(20)18-13-6-4-12(5-7-13)14-10-22-17(19-14)16-11(2)8-9-21-16/h4-10H,3H2,1-2H3,(H,18,20). The van der Waals surface area contributed by atoms with Gasteiger partial charge in [-0.25, -0.2) is 4.98 Å². The number of benzene rings is 1. The third-order valence-electron chi connectivity index (χ3n) is 3.35. The van der Waals surface area contributed by atoms with Crippen molar-refractivity contribution in [3.63, 3.8) is 0 Å². The summed E-state index contributed by atoms with van der Waals surface area (Å²) in [6, 6.07) is 9.93. The quantitative estimate of drug-likeness (QED) is 0.715. The Balaban J connectivity index is 1.82. The van der Waals surface area contributed by atoms with Crippen LogP contribution in [0.2, 0.25) is 0 Å². The van der Waals surface area contributed by atoms with E-state index in [1.165, 1.54) is 10.4 Å². The maximum Gasteiger partial charge on any atom is 0.224 e. The molecule has 1 aromatic carbocycles. The molecule has 0 spiro atoms. The zero-order valence-corrected chi connectivity index (χ0v) is 14.1. The average Bonchev–Trinajstić information content (AvgIpc) is 3.16. The molecule has 5 heteroatoms. The molecule has 0 bridgehead atoms. The van der Waals surface area contributed by atoms with E-state index >= 15 is 0 Å². The number of aryl methyl sites for hydroxylation is 1. The number of nitrogens with zero attached hydrogens (tertiary/aromatic N) is 1. The number of rotatable bonds is 4. The number of carbonyl (C=O) groups is 1. The van der Waals surface area contributed by atoms with Crippen LogP contribution in [0.5, 0.6) is 0 Å². The fraction of sp³-hybridized carbons (Fsp3) is 0.176. The summed E-state index contributed by atoms with van der Waals surface area (Å²) in [6.45, 7) is 3.95. The van der Waals surface area contributed by atoms with E-state index in [9.17, 15) is 4.79 Å². The minimum absolute atomic E-state index is 0.0249. The number of carbonyl (C=O) groups excluding carboxylic acids is 1. The molecular formula is C17H16N2OS2. The van der Waals surface area contributed by atoms with Crippen molar-refractivity contribution in [3.8, 4) is 21.1 Å². The van der Waals surface area contributed by atoms with Crippen LogP contribution in [0.3, 0.4) is 0 Å². The molecule has 3 rings (SSSR count). The molecule has 2 heterocycles. The molecule has 1 amide bonds. The number of hydrogen-bond acceptors (Lipinski definition) is 4. The number of aromatic nitrogens is 1. The van der Waals surface area contributed by atoms with Crippen LogP contribution in [-0.4, -0.2) is 10.9 Å². The Morgan fingerprint density at radius 2 is 1.95 bits per heavy atom. The molecule has 0 atom stereocenters. The molecule has 3 nitrogen and oxygen atoms in total. The molecular weight excluding hydrogens is 312 g/mol. The van der Waals surface area contributed by atoms with Crippen LogP contribution in [0.4, 0.5) is 5.69 Å². The largest absolute Gasteiger partial charge is 0.326 e. The molecule has 0 unspecified atom stereocenters. The van der Waals surface area contributed by atoms with Crippen molar-refractivity contribution in [1.82, 2.24) is 4.98 Å². The van der Waals surface area contributed by atoms with Crippen molar-refractivity contribution in [3.05, 3.63) is 46.7 Å². The highest BCUT2D eigenvalue weighted by atomic mass is 32.1. The molecule has 3 aromatic rings. The second kappa shape index (κ2) is 6.42. The number of amides is 1. The van der Waals surface area contributed by atoms with Crippen molar-refractivity contribution in [1.29, 1.82) is 0 Å². The molecule has 0 saturated heterocycles. The van der Waals surface area contributed by atoms with E-state index in [-0.39, 0.29) is 5.91 Å². The second-order valence-electron chi connectivity index (χ2n) is 4.95. The fourth-order valence-electron chi connectivity index (χ4n) is 2.08. The minimum atomic E-state index is 0.0249. The Morgan fingerprint density at radius 3 is 2.59 bits per heavy atom. The monoisotopic (exact) mass is 328 g/mol. The van der Waals surface area contributed by atoms with Gasteiger partial charge in [-0.15, -0.1) is 22.7 Å². The molecule has 0 aliphatic carbocycles. The van der Waals surface area contributed by atoms with Gasteiger partial charge < -0.3 is 5.32 Å². The van der Waals surface area contributed by atoms with Crippen molar-refractivity contribution >= 4 is 34.3 Å². The van der Waals surface area contributed by atoms with Crippen LogP contribution in [0.1, 0.15) is 18.9 Å². The number of thiophene rings is 1. The summed E-state index contributed by atoms with van der Waals surface area (Å²) < 4.78 is 0. The van der Waals surface area contributed by atoms with Crippen LogP contribution >= 0.6 is 22.7 Å². The summed E-state index contributed by atoms with van der Waals surface area (Å²) in [5.41, 5.74) is 4.12. The molecule has 0 fully saturated rings. The van der Waals surface area contributed by atoms with E-state index in [1.54, 1.807) is 22.7 Å². The lowest BCUT2D eigenvalue weighted by Crippen LogP contribution is -2.08. The lowest BCUT2D eigenvalue weighted by Gasteiger charge is -2.04. The van der Waals surface area contributed by atoms with E-state index in [2.05, 4.69) is 29.1 Å². The summed E-state index contributed by atoms with van der Waals surface area (Å²) >= 11 is 3.39. The molecule has 1 N–H and O–H groups in total. The summed E-state index contributed by atoms with van der Waals surface area (Å²) in [6.07, 6.45) is 0.483. The molecule has 112 valence electrons. The summed E-state index contributed by atoms with van der Waals surface area (Å²) in [5.74, 6) is 0.0249. The Bertz CT molecular complexity index is 787. The summed E-state index contributed by atoms with van der Waals surface area (Å²) in [5, 5.41) is 8.08. The SMILES string of the molecule is CCC(=O)Nc1ccc(-c2csc(-c3sccc3C)n2)cc1. The molecule has 0 aliphatic heterocycles. The van der Waals surface area contributed by atoms with Crippen LogP contribution in [-0.2, 0) is 4.79 Å². The zero-order chi connectivity index (χ0) is 15.5. The number of thiazole rings is 1. The third-order valence-corrected chi connectivity index (χ3v) is 5.36. The fourth-order valence-corrected chi connectivity index (χ4v) is 4.00. The van der Waals surface area contributed by atoms with E-state index in [0.29, 0.717) is 6.42 Å². The highest BCUT2D eigenvalue weighted by Crippen LogP contribution is 2.34. The van der Waals surface area contributed by atoms with E-state index in [0.717, 1.165) is 22.0 Å². The van der Waals surface area contributed by atoms with Crippen molar-refractivity contribution in [2.75, 3.05) is 5.32 Å². The van der Waals surface area contributed by atoms with Gasteiger partial charge in [-0.05, 0) is 36.1 Å². The van der Waals surface area contributed by atoms with Crippen LogP contribution in [0.15, 0.2) is 41.1 Å². The maximum atomic E-state index is 11.4. The van der Waals surface area contributed by atoms with Crippen LogP contribution in [0.25, 0.3) is 21.1 Å². The van der Waals surface area contributed by atoms with Gasteiger partial charge in [0.05, 0.1) is 10.6 Å². The second-order valence-corrected chi connectivity index (χ2v) is 6.72. The Hall–Kier alpha value is -1.98. The summed E-state index contributed by atoms with van der Waals surface area (Å²) in [4.78, 5) is 17.4. The molecule has 0 radical (unpaired) electrons. The Kier molecular flexibility index (Phi) is 4.36. The highest BCUT2D eigenvalue weighted by molar-refractivity contribution is 7.20. The summed E-state index contributed by atoms with van der Waals surface area (Å²) in [7, 11) is 0. The first kappa shape index (κ1) is 14.9. The third kappa shape index (κ3) is 3.10. The topological polar surface area (TPSA) is 42.0 Å². The van der Waals surface area contributed by atoms with Crippen molar-refractivity contribution < 1.29 is 4.79 Å². The van der Waals surface area contributed by atoms with E-state index < -0.39 is 0 Å². The molecule has 0 aliphatic rings. The number of nitrogens with one attached hydrogen (secondary N) is 1. The number of hydrogen-bond donors (Lipinski definition) is 1. The lowest BCUT2D eigenvalue weighted by molar-refractivity contribution is -0.115. The molecule has 2 aromatic heterocycles. The van der Waals surface area contributed by atoms with Crippen molar-refractivity contribution in [2.45, 2.75) is 20.3 Å². The van der Waals surface area contributed by atoms with Crippen molar-refractivity contribution in [2.24, 2.45) is 0 Å². The zero-order valence-electron chi connectivity index (χ0n) is 12.4. The lowest BCUT2D eigenvalue weighted by atomic mass is 10.1. The highest BCUT2D eigenvalue weighted by Gasteiger charge is 2.10. The van der Waals surface area contributed by atoms with E-state index in [1.807, 2.05) is 31.2 Å². The maximum absolute atomic E-state index is 11.4. The van der Waals surface area contributed by atoms with Gasteiger partial charge in [0.2, 0.25) is 5.91 Å². The smallest absolute Gasteiger partial charge is 0.224 e. The van der Waals surface area contributed by atoms with Gasteiger partial charge in [-0.1, -0.05) is 19.1 Å². The average molecular weight is 328 g/mol. The molecule has 22 heavy (non-hydrogen) atoms. The molecule has 0 saturated carbocycles. The van der Waals surface area contributed by atoms with Gasteiger partial charge in [-0.3, -0.25) is 4.79 Å². The predicted octanol–water partition coefficient (Wildman–Crippen LogP) is 5.20. The van der Waals surface area contributed by atoms with Gasteiger partial charge in [0.1, 0.15) is 5.01 Å². The first-order valence-electron chi connectivity index (χ1n) is 7.07. The van der Waals surface area contributed by atoms with E-state index in [4.69, 9.17) is 4.98 Å². The van der Waals surface area contributed by atoms with Gasteiger partial charge in [0, 0.05) is 23.1 Å². The van der Waals surface area contributed by atoms with Gasteiger partial charge in [-0.2, -0.15) is 0 Å². The Labute approximate surface area is 137 Å². The van der Waals surface area contributed by atoms with Gasteiger partial charge in [0.15, 0.2) is 0 Å². The Morgan fingerprint density at radius 1 is 1.18 bits per heavy atom.